The molecule has 4 rings (SSSR count). The number of nitriles is 1. The third-order valence-corrected chi connectivity index (χ3v) is 5.03. The summed E-state index contributed by atoms with van der Waals surface area (Å²) >= 11 is 5.98. The highest BCUT2D eigenvalue weighted by molar-refractivity contribution is 6.30. The number of allylic oxidation sites excluding steroid dienone is 1. The van der Waals surface area contributed by atoms with Crippen molar-refractivity contribution in [2.45, 2.75) is 6.61 Å². The Bertz CT molecular complexity index is 1270. The highest BCUT2D eigenvalue weighted by Crippen LogP contribution is 2.32. The molecule has 0 radical (unpaired) electrons. The number of hydrogen-bond acceptors (Lipinski definition) is 2. The van der Waals surface area contributed by atoms with Gasteiger partial charge in [-0.1, -0.05) is 66.2 Å². The van der Waals surface area contributed by atoms with E-state index in [1.807, 2.05) is 60.7 Å². The van der Waals surface area contributed by atoms with Crippen molar-refractivity contribution in [3.63, 3.8) is 0 Å². The van der Waals surface area contributed by atoms with Gasteiger partial charge >= 0.3 is 0 Å². The first kappa shape index (κ1) is 19.7. The van der Waals surface area contributed by atoms with Gasteiger partial charge in [-0.2, -0.15) is 5.26 Å². The Morgan fingerprint density at radius 1 is 0.967 bits per heavy atom. The lowest BCUT2D eigenvalue weighted by atomic mass is 9.98. The minimum absolute atomic E-state index is 0.222. The zero-order valence-corrected chi connectivity index (χ0v) is 16.7. The van der Waals surface area contributed by atoms with Gasteiger partial charge in [0, 0.05) is 10.6 Å². The molecule has 0 saturated carbocycles. The van der Waals surface area contributed by atoms with Gasteiger partial charge in [0.25, 0.3) is 0 Å². The second kappa shape index (κ2) is 8.82. The molecule has 0 aliphatic rings. The topological polar surface area (TPSA) is 33.0 Å². The molecule has 2 nitrogen and oxygen atoms in total. The van der Waals surface area contributed by atoms with Crippen LogP contribution in [-0.4, -0.2) is 0 Å². The van der Waals surface area contributed by atoms with Crippen molar-refractivity contribution in [3.8, 4) is 11.8 Å². The van der Waals surface area contributed by atoms with Crippen LogP contribution in [-0.2, 0) is 6.61 Å². The van der Waals surface area contributed by atoms with Crippen molar-refractivity contribution in [1.82, 2.24) is 0 Å². The van der Waals surface area contributed by atoms with E-state index < -0.39 is 0 Å². The lowest BCUT2D eigenvalue weighted by Crippen LogP contribution is -1.98. The normalized spacial score (nSPS) is 11.3. The first-order valence-electron chi connectivity index (χ1n) is 9.41. The molecule has 0 fully saturated rings. The molecule has 0 heterocycles. The molecule has 4 aromatic carbocycles. The highest BCUT2D eigenvalue weighted by Gasteiger charge is 2.10. The van der Waals surface area contributed by atoms with Gasteiger partial charge in [-0.05, 0) is 58.3 Å². The predicted octanol–water partition coefficient (Wildman–Crippen LogP) is 7.28. The molecule has 0 aliphatic carbocycles. The fourth-order valence-electron chi connectivity index (χ4n) is 3.29. The van der Waals surface area contributed by atoms with E-state index in [4.69, 9.17) is 16.3 Å². The molecular weight excluding hydrogens is 397 g/mol. The molecule has 0 aromatic heterocycles. The smallest absolute Gasteiger partial charge is 0.127 e. The summed E-state index contributed by atoms with van der Waals surface area (Å²) < 4.78 is 19.5. The van der Waals surface area contributed by atoms with Crippen LogP contribution in [0.3, 0.4) is 0 Å². The van der Waals surface area contributed by atoms with Crippen LogP contribution in [0.2, 0.25) is 5.02 Å². The summed E-state index contributed by atoms with van der Waals surface area (Å²) in [4.78, 5) is 0. The summed E-state index contributed by atoms with van der Waals surface area (Å²) in [6, 6.07) is 27.5. The second-order valence-electron chi connectivity index (χ2n) is 6.79. The molecule has 0 amide bonds. The molecule has 30 heavy (non-hydrogen) atoms. The first-order chi connectivity index (χ1) is 14.6. The van der Waals surface area contributed by atoms with Crippen molar-refractivity contribution in [2.24, 2.45) is 0 Å². The zero-order chi connectivity index (χ0) is 20.9. The van der Waals surface area contributed by atoms with Crippen LogP contribution in [0.1, 0.15) is 16.7 Å². The maximum absolute atomic E-state index is 13.5. The van der Waals surface area contributed by atoms with Crippen LogP contribution in [0.15, 0.2) is 84.9 Å². The second-order valence-corrected chi connectivity index (χ2v) is 7.23. The molecule has 0 aliphatic heterocycles. The lowest BCUT2D eigenvalue weighted by molar-refractivity contribution is 0.305. The Hall–Kier alpha value is -3.61. The largest absolute Gasteiger partial charge is 0.488 e. The predicted molar refractivity (Wildman–Crippen MR) is 120 cm³/mol. The lowest BCUT2D eigenvalue weighted by Gasteiger charge is -2.13. The summed E-state index contributed by atoms with van der Waals surface area (Å²) in [6.07, 6.45) is 1.83. The minimum atomic E-state index is -0.302. The molecule has 0 saturated heterocycles. The summed E-state index contributed by atoms with van der Waals surface area (Å²) in [5.74, 6) is 0.323. The molecule has 146 valence electrons. The highest BCUT2D eigenvalue weighted by atomic mass is 35.5. The fourth-order valence-corrected chi connectivity index (χ4v) is 3.42. The third kappa shape index (κ3) is 4.35. The van der Waals surface area contributed by atoms with E-state index in [1.54, 1.807) is 18.2 Å². The molecule has 4 aromatic rings. The van der Waals surface area contributed by atoms with E-state index >= 15 is 0 Å². The molecule has 0 N–H and O–H groups in total. The zero-order valence-electron chi connectivity index (χ0n) is 16.0. The van der Waals surface area contributed by atoms with Gasteiger partial charge in [-0.25, -0.2) is 4.39 Å². The van der Waals surface area contributed by atoms with Crippen molar-refractivity contribution >= 4 is 34.0 Å². The SMILES string of the molecule is N#C/C(=C\c1c(OCc2cccc(F)c2)ccc2ccccc12)c1ccc(Cl)cc1. The van der Waals surface area contributed by atoms with Gasteiger partial charge in [0.1, 0.15) is 18.2 Å². The van der Waals surface area contributed by atoms with Crippen molar-refractivity contribution in [1.29, 1.82) is 5.26 Å². The summed E-state index contributed by atoms with van der Waals surface area (Å²) in [7, 11) is 0. The summed E-state index contributed by atoms with van der Waals surface area (Å²) in [5, 5.41) is 12.4. The number of halogens is 2. The Morgan fingerprint density at radius 2 is 1.77 bits per heavy atom. The number of ether oxygens (including phenoxy) is 1. The number of rotatable bonds is 5. The van der Waals surface area contributed by atoms with E-state index in [1.165, 1.54) is 12.1 Å². The molecule has 0 atom stereocenters. The van der Waals surface area contributed by atoms with E-state index in [-0.39, 0.29) is 12.4 Å². The maximum atomic E-state index is 13.5. The standard InChI is InChI=1S/C26H17ClFNO/c27-22-11-8-19(9-12-22)21(16-29)15-25-24-7-2-1-5-20(24)10-13-26(25)30-17-18-4-3-6-23(28)14-18/h1-15H,17H2/b21-15+. The number of hydrogen-bond donors (Lipinski definition) is 0. The quantitative estimate of drug-likeness (QED) is 0.254. The Kier molecular flexibility index (Phi) is 5.79. The van der Waals surface area contributed by atoms with E-state index in [2.05, 4.69) is 6.07 Å². The summed E-state index contributed by atoms with van der Waals surface area (Å²) in [6.45, 7) is 0.222. The number of benzene rings is 4. The molecule has 0 unspecified atom stereocenters. The van der Waals surface area contributed by atoms with E-state index in [0.717, 1.165) is 27.5 Å². The van der Waals surface area contributed by atoms with Crippen LogP contribution < -0.4 is 4.74 Å². The van der Waals surface area contributed by atoms with Crippen LogP contribution in [0.4, 0.5) is 4.39 Å². The maximum Gasteiger partial charge on any atom is 0.127 e. The van der Waals surface area contributed by atoms with Gasteiger partial charge in [-0.15, -0.1) is 0 Å². The Balaban J connectivity index is 1.78. The van der Waals surface area contributed by atoms with Gasteiger partial charge in [0.15, 0.2) is 0 Å². The first-order valence-corrected chi connectivity index (χ1v) is 9.78. The van der Waals surface area contributed by atoms with Crippen LogP contribution in [0.25, 0.3) is 22.4 Å². The number of nitrogens with zero attached hydrogens (tertiary/aromatic N) is 1. The molecule has 0 bridgehead atoms. The molecule has 0 spiro atoms. The van der Waals surface area contributed by atoms with Crippen LogP contribution in [0.5, 0.6) is 5.75 Å². The fraction of sp³-hybridized carbons (Fsp3) is 0.0385. The van der Waals surface area contributed by atoms with Crippen LogP contribution in [0, 0.1) is 17.1 Å². The summed E-state index contributed by atoms with van der Waals surface area (Å²) in [5.41, 5.74) is 2.80. The van der Waals surface area contributed by atoms with Crippen molar-refractivity contribution in [2.75, 3.05) is 0 Å². The van der Waals surface area contributed by atoms with Gasteiger partial charge in [-0.3, -0.25) is 0 Å². The molecule has 4 heteroatoms. The van der Waals surface area contributed by atoms with Gasteiger partial charge in [0.2, 0.25) is 0 Å². The minimum Gasteiger partial charge on any atom is -0.488 e. The Labute approximate surface area is 179 Å². The van der Waals surface area contributed by atoms with Gasteiger partial charge in [0.05, 0.1) is 11.6 Å². The van der Waals surface area contributed by atoms with Crippen molar-refractivity contribution < 1.29 is 9.13 Å². The third-order valence-electron chi connectivity index (χ3n) is 4.78. The number of fused-ring (bicyclic) bond motifs is 1. The molecular formula is C26H17ClFNO. The van der Waals surface area contributed by atoms with Crippen LogP contribution >= 0.6 is 11.6 Å². The van der Waals surface area contributed by atoms with Gasteiger partial charge < -0.3 is 4.74 Å². The Morgan fingerprint density at radius 3 is 2.53 bits per heavy atom. The average Bonchev–Trinajstić information content (AvgIpc) is 2.77. The average molecular weight is 414 g/mol. The van der Waals surface area contributed by atoms with Crippen molar-refractivity contribution in [3.05, 3.63) is 112 Å². The monoisotopic (exact) mass is 413 g/mol. The van der Waals surface area contributed by atoms with E-state index in [9.17, 15) is 9.65 Å². The van der Waals surface area contributed by atoms with E-state index in [0.29, 0.717) is 16.3 Å².